The number of sulfone groups is 1. The number of thiazole rings is 1. The van der Waals surface area contributed by atoms with E-state index in [2.05, 4.69) is 4.98 Å². The maximum Gasteiger partial charge on any atom is 0.355 e. The number of carbonyl (C=O) groups is 1. The Hall–Kier alpha value is -1.15. The first-order valence-corrected chi connectivity index (χ1v) is 7.71. The van der Waals surface area contributed by atoms with Gasteiger partial charge >= 0.3 is 5.97 Å². The Labute approximate surface area is 103 Å². The number of carboxylic acid groups (broad SMARTS) is 1. The summed E-state index contributed by atoms with van der Waals surface area (Å²) in [6.45, 7) is 0. The maximum atomic E-state index is 11.4. The molecule has 0 saturated carbocycles. The summed E-state index contributed by atoms with van der Waals surface area (Å²) >= 11 is 1.21. The van der Waals surface area contributed by atoms with E-state index in [0.717, 1.165) is 0 Å². The van der Waals surface area contributed by atoms with Crippen LogP contribution in [0.25, 0.3) is 0 Å². The summed E-state index contributed by atoms with van der Waals surface area (Å²) in [6.07, 6.45) is 0.570. The molecule has 0 bridgehead atoms. The molecule has 0 spiro atoms. The van der Waals surface area contributed by atoms with Crippen LogP contribution in [0.1, 0.15) is 16.9 Å². The molecule has 1 saturated heterocycles. The topological polar surface area (TPSA) is 87.6 Å². The fourth-order valence-corrected chi connectivity index (χ4v) is 4.37. The highest BCUT2D eigenvalue weighted by Gasteiger charge is 2.31. The van der Waals surface area contributed by atoms with Gasteiger partial charge in [-0.2, -0.15) is 0 Å². The molecule has 6 nitrogen and oxygen atoms in total. The summed E-state index contributed by atoms with van der Waals surface area (Å²) in [5.74, 6) is -0.759. The first-order chi connectivity index (χ1) is 7.89. The van der Waals surface area contributed by atoms with Crippen LogP contribution in [0.3, 0.4) is 0 Å². The van der Waals surface area contributed by atoms with Crippen LogP contribution in [0.2, 0.25) is 0 Å². The second kappa shape index (κ2) is 4.26. The zero-order valence-corrected chi connectivity index (χ0v) is 10.8. The van der Waals surface area contributed by atoms with Crippen LogP contribution in [0.5, 0.6) is 0 Å². The van der Waals surface area contributed by atoms with E-state index in [9.17, 15) is 13.2 Å². The van der Waals surface area contributed by atoms with Crippen molar-refractivity contribution in [3.05, 3.63) is 11.1 Å². The minimum Gasteiger partial charge on any atom is -0.476 e. The van der Waals surface area contributed by atoms with Crippen LogP contribution >= 0.6 is 11.3 Å². The van der Waals surface area contributed by atoms with Crippen molar-refractivity contribution in [1.82, 2.24) is 4.98 Å². The van der Waals surface area contributed by atoms with Gasteiger partial charge in [0.1, 0.15) is 0 Å². The highest BCUT2D eigenvalue weighted by atomic mass is 32.2. The number of nitrogens with zero attached hydrogens (tertiary/aromatic N) is 2. The van der Waals surface area contributed by atoms with E-state index in [1.165, 1.54) is 16.7 Å². The molecule has 0 radical (unpaired) electrons. The summed E-state index contributed by atoms with van der Waals surface area (Å²) in [6, 6.07) is -0.104. The van der Waals surface area contributed by atoms with E-state index in [1.807, 2.05) is 0 Å². The van der Waals surface area contributed by atoms with Gasteiger partial charge in [-0.3, -0.25) is 0 Å². The Bertz CT molecular complexity index is 537. The first-order valence-electron chi connectivity index (χ1n) is 5.01. The van der Waals surface area contributed by atoms with Gasteiger partial charge in [-0.15, -0.1) is 11.3 Å². The van der Waals surface area contributed by atoms with Gasteiger partial charge in [0.25, 0.3) is 0 Å². The van der Waals surface area contributed by atoms with Gasteiger partial charge in [-0.05, 0) is 6.42 Å². The molecule has 1 fully saturated rings. The molecule has 1 atom stereocenters. The van der Waals surface area contributed by atoms with Crippen molar-refractivity contribution in [1.29, 1.82) is 0 Å². The van der Waals surface area contributed by atoms with Crippen molar-refractivity contribution in [2.75, 3.05) is 23.5 Å². The molecule has 2 rings (SSSR count). The van der Waals surface area contributed by atoms with Gasteiger partial charge in [0, 0.05) is 18.5 Å². The number of aromatic nitrogens is 1. The van der Waals surface area contributed by atoms with E-state index in [-0.39, 0.29) is 23.2 Å². The lowest BCUT2D eigenvalue weighted by Crippen LogP contribution is -2.32. The second-order valence-electron chi connectivity index (χ2n) is 3.99. The average molecular weight is 276 g/mol. The normalized spacial score (nSPS) is 22.5. The molecule has 2 heterocycles. The Kier molecular flexibility index (Phi) is 3.09. The third-order valence-corrected chi connectivity index (χ3v) is 5.45. The summed E-state index contributed by atoms with van der Waals surface area (Å²) in [5.41, 5.74) is -0.00213. The number of aromatic carboxylic acids is 1. The predicted octanol–water partition coefficient (Wildman–Crippen LogP) is 0.465. The Morgan fingerprint density at radius 1 is 1.65 bits per heavy atom. The Morgan fingerprint density at radius 2 is 2.35 bits per heavy atom. The van der Waals surface area contributed by atoms with Gasteiger partial charge in [0.05, 0.1) is 11.5 Å². The quantitative estimate of drug-likeness (QED) is 0.863. The van der Waals surface area contributed by atoms with Crippen LogP contribution < -0.4 is 4.90 Å². The number of hydrogen-bond acceptors (Lipinski definition) is 6. The van der Waals surface area contributed by atoms with Crippen molar-refractivity contribution >= 4 is 32.3 Å². The fourth-order valence-electron chi connectivity index (χ4n) is 1.76. The SMILES string of the molecule is CN(c1nc(C(=O)O)cs1)C1CCS(=O)(=O)C1. The molecule has 1 unspecified atom stereocenters. The molecular formula is C9H12N2O4S2. The van der Waals surface area contributed by atoms with Crippen LogP contribution in [0, 0.1) is 0 Å². The van der Waals surface area contributed by atoms with Crippen molar-refractivity contribution in [3.63, 3.8) is 0 Å². The van der Waals surface area contributed by atoms with E-state index in [4.69, 9.17) is 5.11 Å². The standard InChI is InChI=1S/C9H12N2O4S2/c1-11(6-2-3-17(14,15)5-6)9-10-7(4-16-9)8(12)13/h4,6H,2-3,5H2,1H3,(H,12,13). The third kappa shape index (κ3) is 2.58. The van der Waals surface area contributed by atoms with Gasteiger partial charge < -0.3 is 10.0 Å². The zero-order chi connectivity index (χ0) is 12.6. The largest absolute Gasteiger partial charge is 0.476 e. The summed E-state index contributed by atoms with van der Waals surface area (Å²) < 4.78 is 22.7. The number of carboxylic acids is 1. The van der Waals surface area contributed by atoms with E-state index < -0.39 is 15.8 Å². The summed E-state index contributed by atoms with van der Waals surface area (Å²) in [4.78, 5) is 16.4. The molecule has 1 N–H and O–H groups in total. The van der Waals surface area contributed by atoms with Crippen LogP contribution in [0.15, 0.2) is 5.38 Å². The highest BCUT2D eigenvalue weighted by molar-refractivity contribution is 7.91. The maximum absolute atomic E-state index is 11.4. The molecular weight excluding hydrogens is 264 g/mol. The molecule has 0 aromatic carbocycles. The lowest BCUT2D eigenvalue weighted by Gasteiger charge is -2.22. The second-order valence-corrected chi connectivity index (χ2v) is 7.05. The molecule has 94 valence electrons. The van der Waals surface area contributed by atoms with Crippen molar-refractivity contribution in [2.24, 2.45) is 0 Å². The van der Waals surface area contributed by atoms with Crippen molar-refractivity contribution < 1.29 is 18.3 Å². The van der Waals surface area contributed by atoms with E-state index in [0.29, 0.717) is 11.6 Å². The minimum atomic E-state index is -2.94. The molecule has 17 heavy (non-hydrogen) atoms. The molecule has 0 amide bonds. The van der Waals surface area contributed by atoms with Gasteiger partial charge in [0.2, 0.25) is 0 Å². The molecule has 1 aliphatic heterocycles. The van der Waals surface area contributed by atoms with E-state index in [1.54, 1.807) is 11.9 Å². The Morgan fingerprint density at radius 3 is 2.82 bits per heavy atom. The zero-order valence-electron chi connectivity index (χ0n) is 9.16. The average Bonchev–Trinajstić information content (AvgIpc) is 2.83. The molecule has 1 aromatic rings. The smallest absolute Gasteiger partial charge is 0.355 e. The van der Waals surface area contributed by atoms with Gasteiger partial charge in [-0.25, -0.2) is 18.2 Å². The number of rotatable bonds is 3. The summed E-state index contributed by atoms with van der Waals surface area (Å²) in [7, 11) is -1.19. The lowest BCUT2D eigenvalue weighted by atomic mass is 10.2. The van der Waals surface area contributed by atoms with Crippen molar-refractivity contribution in [3.8, 4) is 0 Å². The molecule has 1 aromatic heterocycles. The molecule has 8 heteroatoms. The third-order valence-electron chi connectivity index (χ3n) is 2.77. The number of hydrogen-bond donors (Lipinski definition) is 1. The highest BCUT2D eigenvalue weighted by Crippen LogP contribution is 2.25. The van der Waals surface area contributed by atoms with Crippen molar-refractivity contribution in [2.45, 2.75) is 12.5 Å². The van der Waals surface area contributed by atoms with Crippen LogP contribution in [0.4, 0.5) is 5.13 Å². The lowest BCUT2D eigenvalue weighted by molar-refractivity contribution is 0.0691. The predicted molar refractivity (Wildman–Crippen MR) is 64.5 cm³/mol. The van der Waals surface area contributed by atoms with Gasteiger partial charge in [-0.1, -0.05) is 0 Å². The van der Waals surface area contributed by atoms with E-state index >= 15 is 0 Å². The molecule has 1 aliphatic rings. The van der Waals surface area contributed by atoms with Gasteiger partial charge in [0.15, 0.2) is 20.7 Å². The minimum absolute atomic E-state index is 0.00213. The fraction of sp³-hybridized carbons (Fsp3) is 0.556. The monoisotopic (exact) mass is 276 g/mol. The van der Waals surface area contributed by atoms with Crippen LogP contribution in [-0.4, -0.2) is 49.1 Å². The number of anilines is 1. The first kappa shape index (κ1) is 12.3. The Balaban J connectivity index is 2.14. The summed E-state index contributed by atoms with van der Waals surface area (Å²) in [5, 5.41) is 10.8. The van der Waals surface area contributed by atoms with Crippen LogP contribution in [-0.2, 0) is 9.84 Å². The molecule has 0 aliphatic carbocycles.